The molecule has 0 saturated heterocycles. The van der Waals surface area contributed by atoms with E-state index in [4.69, 9.17) is 14.2 Å². The number of nitrogens with one attached hydrogen (secondary N) is 4. The van der Waals surface area contributed by atoms with Gasteiger partial charge in [0.2, 0.25) is 21.8 Å². The molecule has 4 amide bonds. The number of ether oxygens (including phenoxy) is 3. The number of alkyl carbamates (subject to hydrolysis) is 1. The van der Waals surface area contributed by atoms with E-state index in [1.165, 1.54) is 6.08 Å². The first-order valence-corrected chi connectivity index (χ1v) is 18.7. The standard InChI is InChI=1S/C35H47N5O9S/c1-5-23-19-35(23,33(43)40-50(45,46)27-12-13-27)39-29(41)15-11-26(48-32-28-14-10-25(47-4)18-22(28)16-17-36-32)20-37-31(42)30(21(2)3)49-34(44)38-24-8-6-7-9-24/h5,10,14,16-18,21,23-24,26-27,30H,1,6-9,11-13,15,19-20H2,2-4H3,(H,37,42)(H,38,44)(H,39,41)(H,40,43)/t23-,26-,30+,35-/m1/s1. The highest BCUT2D eigenvalue weighted by Gasteiger charge is 2.60. The van der Waals surface area contributed by atoms with Gasteiger partial charge in [-0.1, -0.05) is 32.8 Å². The molecular formula is C35H47N5O9S. The first-order chi connectivity index (χ1) is 23.8. The number of pyridine rings is 1. The molecule has 50 heavy (non-hydrogen) atoms. The second-order valence-corrected chi connectivity index (χ2v) is 15.6. The van der Waals surface area contributed by atoms with Crippen LogP contribution in [0.25, 0.3) is 10.8 Å². The minimum atomic E-state index is -3.82. The van der Waals surface area contributed by atoms with Crippen molar-refractivity contribution in [1.29, 1.82) is 0 Å². The van der Waals surface area contributed by atoms with Crippen molar-refractivity contribution in [1.82, 2.24) is 25.7 Å². The van der Waals surface area contributed by atoms with Gasteiger partial charge in [0.15, 0.2) is 6.10 Å². The fourth-order valence-electron chi connectivity index (χ4n) is 6.22. The Balaban J connectivity index is 1.27. The molecule has 4 atom stereocenters. The lowest BCUT2D eigenvalue weighted by atomic mass is 10.1. The number of sulfonamides is 1. The summed E-state index contributed by atoms with van der Waals surface area (Å²) in [6, 6.07) is 7.22. The number of nitrogens with zero attached hydrogens (tertiary/aromatic N) is 1. The molecule has 14 nitrogen and oxygen atoms in total. The summed E-state index contributed by atoms with van der Waals surface area (Å²) >= 11 is 0. The maximum atomic E-state index is 13.4. The molecule has 1 aromatic carbocycles. The van der Waals surface area contributed by atoms with Crippen molar-refractivity contribution in [2.45, 2.75) is 101 Å². The van der Waals surface area contributed by atoms with E-state index in [2.05, 4.69) is 32.2 Å². The molecule has 5 rings (SSSR count). The summed E-state index contributed by atoms with van der Waals surface area (Å²) in [6.07, 6.45) is 5.56. The zero-order chi connectivity index (χ0) is 36.1. The van der Waals surface area contributed by atoms with Gasteiger partial charge in [-0.15, -0.1) is 6.58 Å². The molecule has 1 aromatic heterocycles. The van der Waals surface area contributed by atoms with E-state index in [9.17, 15) is 27.6 Å². The smallest absolute Gasteiger partial charge is 0.408 e. The number of amides is 4. The second-order valence-electron chi connectivity index (χ2n) is 13.7. The van der Waals surface area contributed by atoms with Crippen LogP contribution in [0.5, 0.6) is 11.6 Å². The average Bonchev–Trinajstić information content (AvgIpc) is 4.01. The van der Waals surface area contributed by atoms with Crippen LogP contribution in [0.1, 0.15) is 71.6 Å². The number of methoxy groups -OCH3 is 1. The van der Waals surface area contributed by atoms with Crippen molar-refractivity contribution in [2.75, 3.05) is 13.7 Å². The number of hydrogen-bond acceptors (Lipinski definition) is 10. The Labute approximate surface area is 292 Å². The van der Waals surface area contributed by atoms with Crippen LogP contribution in [0.15, 0.2) is 43.1 Å². The third kappa shape index (κ3) is 9.03. The van der Waals surface area contributed by atoms with Crippen LogP contribution in [0, 0.1) is 11.8 Å². The summed E-state index contributed by atoms with van der Waals surface area (Å²) in [5.41, 5.74) is -1.41. The molecule has 272 valence electrons. The van der Waals surface area contributed by atoms with E-state index < -0.39 is 62.8 Å². The second kappa shape index (κ2) is 15.7. The van der Waals surface area contributed by atoms with Crippen LogP contribution < -0.4 is 30.1 Å². The Kier molecular flexibility index (Phi) is 11.5. The molecule has 4 N–H and O–H groups in total. The van der Waals surface area contributed by atoms with Crippen LogP contribution >= 0.6 is 0 Å². The lowest BCUT2D eigenvalue weighted by Crippen LogP contribution is -2.52. The predicted octanol–water partition coefficient (Wildman–Crippen LogP) is 3.25. The first kappa shape index (κ1) is 36.9. The quantitative estimate of drug-likeness (QED) is 0.177. The Morgan fingerprint density at radius 1 is 1.10 bits per heavy atom. The molecule has 0 unspecified atom stereocenters. The lowest BCUT2D eigenvalue weighted by molar-refractivity contribution is -0.132. The summed E-state index contributed by atoms with van der Waals surface area (Å²) in [5, 5.41) is 9.28. The van der Waals surface area contributed by atoms with Gasteiger partial charge >= 0.3 is 6.09 Å². The highest BCUT2D eigenvalue weighted by Crippen LogP contribution is 2.45. The molecular weight excluding hydrogens is 666 g/mol. The summed E-state index contributed by atoms with van der Waals surface area (Å²) in [7, 11) is -2.25. The number of rotatable bonds is 17. The Morgan fingerprint density at radius 2 is 1.84 bits per heavy atom. The molecule has 3 aliphatic carbocycles. The molecule has 0 aliphatic heterocycles. The van der Waals surface area contributed by atoms with Gasteiger partial charge in [0.1, 0.15) is 17.4 Å². The van der Waals surface area contributed by atoms with Crippen LogP contribution in [-0.2, 0) is 29.1 Å². The van der Waals surface area contributed by atoms with Gasteiger partial charge in [0.05, 0.1) is 18.9 Å². The number of fused-ring (bicyclic) bond motifs is 1. The van der Waals surface area contributed by atoms with Crippen molar-refractivity contribution in [3.63, 3.8) is 0 Å². The summed E-state index contributed by atoms with van der Waals surface area (Å²) in [6.45, 7) is 7.22. The minimum Gasteiger partial charge on any atom is -0.497 e. The van der Waals surface area contributed by atoms with Gasteiger partial charge in [-0.2, -0.15) is 0 Å². The molecule has 0 radical (unpaired) electrons. The van der Waals surface area contributed by atoms with Crippen molar-refractivity contribution < 1.29 is 41.8 Å². The van der Waals surface area contributed by atoms with Gasteiger partial charge in [0.25, 0.3) is 11.8 Å². The highest BCUT2D eigenvalue weighted by molar-refractivity contribution is 7.91. The van der Waals surface area contributed by atoms with Gasteiger partial charge in [-0.05, 0) is 74.1 Å². The Morgan fingerprint density at radius 3 is 2.48 bits per heavy atom. The number of hydrogen-bond donors (Lipinski definition) is 4. The monoisotopic (exact) mass is 713 g/mol. The normalized spacial score (nSPS) is 21.5. The third-order valence-electron chi connectivity index (χ3n) is 9.45. The van der Waals surface area contributed by atoms with Crippen LogP contribution in [0.2, 0.25) is 0 Å². The maximum absolute atomic E-state index is 13.4. The highest BCUT2D eigenvalue weighted by atomic mass is 32.2. The molecule has 1 heterocycles. The minimum absolute atomic E-state index is 0.0284. The van der Waals surface area contributed by atoms with E-state index in [0.29, 0.717) is 24.0 Å². The largest absolute Gasteiger partial charge is 0.497 e. The lowest BCUT2D eigenvalue weighted by Gasteiger charge is -2.25. The molecule has 0 spiro atoms. The number of benzene rings is 1. The summed E-state index contributed by atoms with van der Waals surface area (Å²) < 4.78 is 44.3. The van der Waals surface area contributed by atoms with E-state index >= 15 is 0 Å². The van der Waals surface area contributed by atoms with Crippen LogP contribution in [0.3, 0.4) is 0 Å². The van der Waals surface area contributed by atoms with Crippen LogP contribution in [-0.4, -0.2) is 79.9 Å². The number of carbonyl (C=O) groups excluding carboxylic acids is 4. The van der Waals surface area contributed by atoms with Crippen molar-refractivity contribution in [3.8, 4) is 11.6 Å². The molecule has 3 aliphatic rings. The SMILES string of the molecule is C=C[C@@H]1C[C@]1(NC(=O)CC[C@H](CNC(=O)[C@@H](OC(=O)NC1CCCC1)C(C)C)Oc1nccc2cc(OC)ccc12)C(=O)NS(=O)(=O)C1CC1. The predicted molar refractivity (Wildman–Crippen MR) is 185 cm³/mol. The van der Waals surface area contributed by atoms with Gasteiger partial charge in [-0.3, -0.25) is 19.1 Å². The van der Waals surface area contributed by atoms with Crippen molar-refractivity contribution in [3.05, 3.63) is 43.1 Å². The average molecular weight is 714 g/mol. The molecule has 2 aromatic rings. The third-order valence-corrected chi connectivity index (χ3v) is 11.3. The summed E-state index contributed by atoms with van der Waals surface area (Å²) in [5.74, 6) is -1.64. The molecule has 3 saturated carbocycles. The van der Waals surface area contributed by atoms with Crippen molar-refractivity contribution >= 4 is 44.6 Å². The zero-order valence-corrected chi connectivity index (χ0v) is 29.6. The van der Waals surface area contributed by atoms with E-state index in [0.717, 1.165) is 31.1 Å². The molecule has 3 fully saturated rings. The van der Waals surface area contributed by atoms with Crippen molar-refractivity contribution in [2.24, 2.45) is 11.8 Å². The first-order valence-electron chi connectivity index (χ1n) is 17.2. The number of carbonyl (C=O) groups is 4. The molecule has 15 heteroatoms. The van der Waals surface area contributed by atoms with Gasteiger partial charge < -0.3 is 30.2 Å². The number of aromatic nitrogens is 1. The Bertz CT molecular complexity index is 1710. The fourth-order valence-corrected chi connectivity index (χ4v) is 7.59. The topological polar surface area (TPSA) is 191 Å². The summed E-state index contributed by atoms with van der Waals surface area (Å²) in [4.78, 5) is 56.8. The Hall–Kier alpha value is -4.40. The van der Waals surface area contributed by atoms with Gasteiger partial charge in [-0.25, -0.2) is 18.2 Å². The van der Waals surface area contributed by atoms with Crippen LogP contribution in [0.4, 0.5) is 4.79 Å². The van der Waals surface area contributed by atoms with E-state index in [-0.39, 0.29) is 43.6 Å². The fraction of sp³-hybridized carbons (Fsp3) is 0.571. The maximum Gasteiger partial charge on any atom is 0.408 e. The molecule has 0 bridgehead atoms. The van der Waals surface area contributed by atoms with E-state index in [1.54, 1.807) is 45.4 Å². The van der Waals surface area contributed by atoms with Gasteiger partial charge in [0, 0.05) is 30.0 Å². The van der Waals surface area contributed by atoms with E-state index in [1.807, 2.05) is 6.07 Å². The zero-order valence-electron chi connectivity index (χ0n) is 28.7.